The second-order valence-corrected chi connectivity index (χ2v) is 5.53. The third kappa shape index (κ3) is 4.00. The molecule has 1 saturated heterocycles. The average molecular weight is 343 g/mol. The lowest BCUT2D eigenvalue weighted by Crippen LogP contribution is -2.41. The number of morpholine rings is 1. The highest BCUT2D eigenvalue weighted by Crippen LogP contribution is 2.31. The number of carbonyl (C=O) groups excluding carboxylic acids is 1. The third-order valence-corrected chi connectivity index (χ3v) is 3.95. The quantitative estimate of drug-likeness (QED) is 0.898. The van der Waals surface area contributed by atoms with Crippen molar-refractivity contribution in [2.24, 2.45) is 0 Å². The van der Waals surface area contributed by atoms with E-state index in [9.17, 15) is 4.79 Å². The predicted molar refractivity (Wildman–Crippen MR) is 93.8 cm³/mol. The van der Waals surface area contributed by atoms with Crippen LogP contribution in [0.2, 0.25) is 0 Å². The molecule has 2 aromatic rings. The van der Waals surface area contributed by atoms with E-state index in [0.717, 1.165) is 11.4 Å². The summed E-state index contributed by atoms with van der Waals surface area (Å²) in [5.41, 5.74) is 2.05. The van der Waals surface area contributed by atoms with E-state index in [-0.39, 0.29) is 5.91 Å². The standard InChI is InChI=1S/C18H21N3O4/c1-23-16-6-4-13(11-17(16)24-2)20-14-3-5-15(19-12-14)18(22)21-7-9-25-10-8-21/h3-6,11-12,20H,7-10H2,1-2H3. The first-order valence-corrected chi connectivity index (χ1v) is 8.03. The Labute approximate surface area is 146 Å². The van der Waals surface area contributed by atoms with Gasteiger partial charge >= 0.3 is 0 Å². The third-order valence-electron chi connectivity index (χ3n) is 3.95. The van der Waals surface area contributed by atoms with E-state index in [0.29, 0.717) is 43.5 Å². The monoisotopic (exact) mass is 343 g/mol. The molecule has 0 unspecified atom stereocenters. The zero-order chi connectivity index (χ0) is 17.6. The van der Waals surface area contributed by atoms with Crippen molar-refractivity contribution in [1.82, 2.24) is 9.88 Å². The Bertz CT molecular complexity index is 728. The number of ether oxygens (including phenoxy) is 3. The number of hydrogen-bond acceptors (Lipinski definition) is 6. The summed E-state index contributed by atoms with van der Waals surface area (Å²) >= 11 is 0. The van der Waals surface area contributed by atoms with Crippen molar-refractivity contribution in [3.63, 3.8) is 0 Å². The van der Waals surface area contributed by atoms with Crippen LogP contribution in [0.4, 0.5) is 11.4 Å². The van der Waals surface area contributed by atoms with Gasteiger partial charge in [0.15, 0.2) is 11.5 Å². The number of nitrogens with zero attached hydrogens (tertiary/aromatic N) is 2. The first kappa shape index (κ1) is 17.0. The van der Waals surface area contributed by atoms with E-state index in [2.05, 4.69) is 10.3 Å². The Balaban J connectivity index is 1.69. The Morgan fingerprint density at radius 2 is 1.80 bits per heavy atom. The van der Waals surface area contributed by atoms with Gasteiger partial charge in [0, 0.05) is 24.8 Å². The number of aromatic nitrogens is 1. The first-order valence-electron chi connectivity index (χ1n) is 8.03. The highest BCUT2D eigenvalue weighted by molar-refractivity contribution is 5.92. The van der Waals surface area contributed by atoms with Gasteiger partial charge in [0.2, 0.25) is 0 Å². The molecule has 1 fully saturated rings. The lowest BCUT2D eigenvalue weighted by atomic mass is 10.2. The van der Waals surface area contributed by atoms with Crippen LogP contribution in [0, 0.1) is 0 Å². The SMILES string of the molecule is COc1ccc(Nc2ccc(C(=O)N3CCOCC3)nc2)cc1OC. The van der Waals surface area contributed by atoms with Crippen LogP contribution in [0.15, 0.2) is 36.5 Å². The lowest BCUT2D eigenvalue weighted by Gasteiger charge is -2.26. The molecular weight excluding hydrogens is 322 g/mol. The zero-order valence-electron chi connectivity index (χ0n) is 14.3. The molecule has 0 spiro atoms. The van der Waals surface area contributed by atoms with Gasteiger partial charge < -0.3 is 24.4 Å². The summed E-state index contributed by atoms with van der Waals surface area (Å²) in [5, 5.41) is 3.23. The van der Waals surface area contributed by atoms with Crippen molar-refractivity contribution in [1.29, 1.82) is 0 Å². The molecule has 1 amide bonds. The Morgan fingerprint density at radius 1 is 1.08 bits per heavy atom. The first-order chi connectivity index (χ1) is 12.2. The Kier molecular flexibility index (Phi) is 5.35. The topological polar surface area (TPSA) is 72.9 Å². The summed E-state index contributed by atoms with van der Waals surface area (Å²) in [6.07, 6.45) is 1.64. The Hall–Kier alpha value is -2.80. The number of benzene rings is 1. The molecular formula is C18H21N3O4. The van der Waals surface area contributed by atoms with Crippen LogP contribution in [0.1, 0.15) is 10.5 Å². The van der Waals surface area contributed by atoms with Gasteiger partial charge in [0.1, 0.15) is 5.69 Å². The molecule has 2 heterocycles. The molecule has 0 saturated carbocycles. The molecule has 0 bridgehead atoms. The average Bonchev–Trinajstić information content (AvgIpc) is 2.68. The molecule has 0 atom stereocenters. The van der Waals surface area contributed by atoms with Crippen molar-refractivity contribution in [2.45, 2.75) is 0 Å². The zero-order valence-corrected chi connectivity index (χ0v) is 14.3. The molecule has 132 valence electrons. The van der Waals surface area contributed by atoms with Crippen LogP contribution < -0.4 is 14.8 Å². The van der Waals surface area contributed by atoms with Crippen LogP contribution in [-0.4, -0.2) is 56.3 Å². The van der Waals surface area contributed by atoms with Crippen LogP contribution in [0.5, 0.6) is 11.5 Å². The fraction of sp³-hybridized carbons (Fsp3) is 0.333. The van der Waals surface area contributed by atoms with Crippen molar-refractivity contribution in [3.05, 3.63) is 42.2 Å². The number of nitrogens with one attached hydrogen (secondary N) is 1. The van der Waals surface area contributed by atoms with Gasteiger partial charge in [-0.3, -0.25) is 4.79 Å². The molecule has 1 aliphatic rings. The van der Waals surface area contributed by atoms with Crippen molar-refractivity contribution >= 4 is 17.3 Å². The summed E-state index contributed by atoms with van der Waals surface area (Å²) < 4.78 is 15.8. The van der Waals surface area contributed by atoms with Crippen LogP contribution in [0.25, 0.3) is 0 Å². The number of amides is 1. The minimum atomic E-state index is -0.0685. The maximum Gasteiger partial charge on any atom is 0.272 e. The number of methoxy groups -OCH3 is 2. The van der Waals surface area contributed by atoms with E-state index in [4.69, 9.17) is 14.2 Å². The molecule has 0 aliphatic carbocycles. The second kappa shape index (κ2) is 7.85. The minimum absolute atomic E-state index is 0.0685. The van der Waals surface area contributed by atoms with E-state index in [1.165, 1.54) is 0 Å². The van der Waals surface area contributed by atoms with Crippen molar-refractivity contribution in [2.75, 3.05) is 45.8 Å². The van der Waals surface area contributed by atoms with Crippen molar-refractivity contribution < 1.29 is 19.0 Å². The van der Waals surface area contributed by atoms with Gasteiger partial charge in [-0.1, -0.05) is 0 Å². The van der Waals surface area contributed by atoms with Crippen LogP contribution in [0.3, 0.4) is 0 Å². The summed E-state index contributed by atoms with van der Waals surface area (Å²) in [5.74, 6) is 1.23. The number of hydrogen-bond donors (Lipinski definition) is 1. The van der Waals surface area contributed by atoms with Crippen LogP contribution in [-0.2, 0) is 4.74 Å². The molecule has 7 heteroatoms. The van der Waals surface area contributed by atoms with Gasteiger partial charge in [0.05, 0.1) is 39.3 Å². The maximum absolute atomic E-state index is 12.4. The van der Waals surface area contributed by atoms with E-state index >= 15 is 0 Å². The molecule has 7 nitrogen and oxygen atoms in total. The van der Waals surface area contributed by atoms with Gasteiger partial charge in [0.25, 0.3) is 5.91 Å². The highest BCUT2D eigenvalue weighted by Gasteiger charge is 2.19. The van der Waals surface area contributed by atoms with E-state index in [1.807, 2.05) is 24.3 Å². The van der Waals surface area contributed by atoms with Gasteiger partial charge in [-0.15, -0.1) is 0 Å². The summed E-state index contributed by atoms with van der Waals surface area (Å²) in [6.45, 7) is 2.35. The molecule has 1 N–H and O–H groups in total. The van der Waals surface area contributed by atoms with E-state index < -0.39 is 0 Å². The number of anilines is 2. The lowest BCUT2D eigenvalue weighted by molar-refractivity contribution is 0.0299. The Morgan fingerprint density at radius 3 is 2.44 bits per heavy atom. The van der Waals surface area contributed by atoms with E-state index in [1.54, 1.807) is 31.4 Å². The van der Waals surface area contributed by atoms with Gasteiger partial charge in [-0.2, -0.15) is 0 Å². The van der Waals surface area contributed by atoms with Gasteiger partial charge in [-0.25, -0.2) is 4.98 Å². The molecule has 1 aliphatic heterocycles. The number of carbonyl (C=O) groups is 1. The minimum Gasteiger partial charge on any atom is -0.493 e. The largest absolute Gasteiger partial charge is 0.493 e. The molecule has 3 rings (SSSR count). The normalized spacial score (nSPS) is 14.1. The van der Waals surface area contributed by atoms with Crippen molar-refractivity contribution in [3.8, 4) is 11.5 Å². The predicted octanol–water partition coefficient (Wildman–Crippen LogP) is 2.31. The number of pyridine rings is 1. The number of rotatable bonds is 5. The summed E-state index contributed by atoms with van der Waals surface area (Å²) in [6, 6.07) is 9.10. The summed E-state index contributed by atoms with van der Waals surface area (Å²) in [4.78, 5) is 18.4. The molecule has 1 aromatic heterocycles. The smallest absolute Gasteiger partial charge is 0.272 e. The molecule has 25 heavy (non-hydrogen) atoms. The fourth-order valence-corrected chi connectivity index (χ4v) is 2.60. The van der Waals surface area contributed by atoms with Gasteiger partial charge in [-0.05, 0) is 24.3 Å². The van der Waals surface area contributed by atoms with Crippen LogP contribution >= 0.6 is 0 Å². The fourth-order valence-electron chi connectivity index (χ4n) is 2.60. The summed E-state index contributed by atoms with van der Waals surface area (Å²) in [7, 11) is 3.19. The molecule has 1 aromatic carbocycles. The highest BCUT2D eigenvalue weighted by atomic mass is 16.5. The maximum atomic E-state index is 12.4. The molecule has 0 radical (unpaired) electrons. The second-order valence-electron chi connectivity index (χ2n) is 5.53.